The minimum Gasteiger partial charge on any atom is -0.478 e. The maximum absolute atomic E-state index is 11.6. The fraction of sp³-hybridized carbons (Fsp3) is 0.233. The monoisotopic (exact) mass is 525 g/mol. The maximum Gasteiger partial charge on any atom is 0.335 e. The predicted molar refractivity (Wildman–Crippen MR) is 154 cm³/mol. The number of anilines is 1. The van der Waals surface area contributed by atoms with Gasteiger partial charge in [0.25, 0.3) is 0 Å². The van der Waals surface area contributed by atoms with Crippen molar-refractivity contribution < 1.29 is 9.90 Å². The minimum absolute atomic E-state index is 0.0586. The van der Waals surface area contributed by atoms with Gasteiger partial charge >= 0.3 is 5.97 Å². The number of aryl methyl sites for hydroxylation is 1. The van der Waals surface area contributed by atoms with Gasteiger partial charge in [0.1, 0.15) is 0 Å². The van der Waals surface area contributed by atoms with Crippen LogP contribution in [0.4, 0.5) is 5.69 Å². The fourth-order valence-corrected chi connectivity index (χ4v) is 5.62. The molecule has 3 N–H and O–H groups in total. The molecule has 1 fully saturated rings. The van der Waals surface area contributed by atoms with Gasteiger partial charge in [0, 0.05) is 42.0 Å². The Bertz CT molecular complexity index is 1440. The van der Waals surface area contributed by atoms with Crippen LogP contribution in [0.25, 0.3) is 5.69 Å². The highest BCUT2D eigenvalue weighted by molar-refractivity contribution is 7.80. The number of rotatable bonds is 9. The van der Waals surface area contributed by atoms with Crippen molar-refractivity contribution in [1.82, 2.24) is 19.8 Å². The summed E-state index contributed by atoms with van der Waals surface area (Å²) in [6, 6.07) is 25.2. The summed E-state index contributed by atoms with van der Waals surface area (Å²) < 4.78 is 2.12. The average Bonchev–Trinajstić information content (AvgIpc) is 3.42. The zero-order chi connectivity index (χ0) is 26.6. The first-order chi connectivity index (χ1) is 18.4. The lowest BCUT2D eigenvalue weighted by Gasteiger charge is -2.28. The number of nitrogens with zero attached hydrogens (tertiary/aromatic N) is 3. The molecule has 7 nitrogen and oxygen atoms in total. The number of hydrogen-bond donors (Lipinski definition) is 3. The van der Waals surface area contributed by atoms with Crippen LogP contribution in [0.15, 0.2) is 85.1 Å². The standard InChI is InChI=1S/C30H31N5O2S/c1-20-18-25(21(2)35(20)24-13-8-10-22(19-24)29(36)37)28-27(26-14-6-7-15-32-26)33-30(38)34(28)17-9-16-31-23-11-4-3-5-12-23/h3-8,10-15,18-19,27-28,31H,9,16-17H2,1-2H3,(H,33,38)(H,36,37). The van der Waals surface area contributed by atoms with Crippen LogP contribution in [0.5, 0.6) is 0 Å². The molecule has 38 heavy (non-hydrogen) atoms. The highest BCUT2D eigenvalue weighted by atomic mass is 32.1. The van der Waals surface area contributed by atoms with E-state index in [4.69, 9.17) is 12.2 Å². The quantitative estimate of drug-likeness (QED) is 0.192. The highest BCUT2D eigenvalue weighted by Gasteiger charge is 2.41. The molecule has 8 heteroatoms. The van der Waals surface area contributed by atoms with E-state index in [9.17, 15) is 9.90 Å². The van der Waals surface area contributed by atoms with Crippen LogP contribution in [0.2, 0.25) is 0 Å². The molecule has 2 atom stereocenters. The van der Waals surface area contributed by atoms with E-state index in [1.807, 2.05) is 48.7 Å². The average molecular weight is 526 g/mol. The molecule has 1 aliphatic heterocycles. The van der Waals surface area contributed by atoms with E-state index in [0.29, 0.717) is 5.11 Å². The zero-order valence-corrected chi connectivity index (χ0v) is 22.3. The van der Waals surface area contributed by atoms with Gasteiger partial charge in [-0.15, -0.1) is 0 Å². The van der Waals surface area contributed by atoms with Crippen LogP contribution in [-0.2, 0) is 0 Å². The number of nitrogens with one attached hydrogen (secondary N) is 2. The van der Waals surface area contributed by atoms with Gasteiger partial charge in [-0.05, 0) is 86.6 Å². The molecule has 1 saturated heterocycles. The third-order valence-corrected chi connectivity index (χ3v) is 7.37. The van der Waals surface area contributed by atoms with E-state index in [0.717, 1.165) is 53.5 Å². The normalized spacial score (nSPS) is 16.9. The van der Waals surface area contributed by atoms with E-state index in [1.165, 1.54) is 0 Å². The highest BCUT2D eigenvalue weighted by Crippen LogP contribution is 2.41. The SMILES string of the molecule is Cc1cc(C2C(c3ccccn3)NC(=S)N2CCCNc2ccccc2)c(C)n1-c1cccc(C(=O)O)c1. The summed E-state index contributed by atoms with van der Waals surface area (Å²) >= 11 is 5.85. The molecule has 4 aromatic rings. The van der Waals surface area contributed by atoms with Gasteiger partial charge in [0.05, 0.1) is 23.3 Å². The number of carboxylic acid groups (broad SMARTS) is 1. The summed E-state index contributed by atoms with van der Waals surface area (Å²) in [6.07, 6.45) is 2.71. The summed E-state index contributed by atoms with van der Waals surface area (Å²) in [5.74, 6) is -0.939. The lowest BCUT2D eigenvalue weighted by molar-refractivity contribution is 0.0697. The molecule has 3 heterocycles. The van der Waals surface area contributed by atoms with Gasteiger partial charge in [-0.1, -0.05) is 30.3 Å². The van der Waals surface area contributed by atoms with Crippen molar-refractivity contribution in [3.8, 4) is 5.69 Å². The van der Waals surface area contributed by atoms with Crippen molar-refractivity contribution in [2.24, 2.45) is 0 Å². The number of carbonyl (C=O) groups is 1. The number of benzene rings is 2. The Morgan fingerprint density at radius 3 is 2.58 bits per heavy atom. The lowest BCUT2D eigenvalue weighted by Crippen LogP contribution is -2.31. The largest absolute Gasteiger partial charge is 0.478 e. The van der Waals surface area contributed by atoms with Gasteiger partial charge in [-0.3, -0.25) is 4.98 Å². The van der Waals surface area contributed by atoms with Gasteiger partial charge in [-0.2, -0.15) is 0 Å². The van der Waals surface area contributed by atoms with E-state index in [1.54, 1.807) is 18.2 Å². The lowest BCUT2D eigenvalue weighted by atomic mass is 9.96. The topological polar surface area (TPSA) is 82.4 Å². The van der Waals surface area contributed by atoms with Crippen LogP contribution in [0.1, 0.15) is 51.5 Å². The van der Waals surface area contributed by atoms with Crippen molar-refractivity contribution in [2.75, 3.05) is 18.4 Å². The number of carboxylic acids is 1. The number of para-hydroxylation sites is 1. The summed E-state index contributed by atoms with van der Waals surface area (Å²) in [4.78, 5) is 18.5. The number of thiocarbonyl (C=S) groups is 1. The number of hydrogen-bond acceptors (Lipinski definition) is 4. The maximum atomic E-state index is 11.6. The number of aromatic carboxylic acids is 1. The Labute approximate surface area is 228 Å². The molecule has 0 amide bonds. The Hall–Kier alpha value is -4.17. The third kappa shape index (κ3) is 5.13. The molecule has 2 aromatic carbocycles. The van der Waals surface area contributed by atoms with Crippen LogP contribution >= 0.6 is 12.2 Å². The van der Waals surface area contributed by atoms with Crippen molar-refractivity contribution in [3.63, 3.8) is 0 Å². The first-order valence-corrected chi connectivity index (χ1v) is 13.1. The molecule has 0 bridgehead atoms. The van der Waals surface area contributed by atoms with Crippen LogP contribution in [0.3, 0.4) is 0 Å². The molecule has 5 rings (SSSR count). The summed E-state index contributed by atoms with van der Waals surface area (Å²) in [6.45, 7) is 5.74. The molecular weight excluding hydrogens is 494 g/mol. The van der Waals surface area contributed by atoms with Crippen LogP contribution in [-0.4, -0.2) is 43.7 Å². The number of pyridine rings is 1. The molecule has 0 aliphatic carbocycles. The van der Waals surface area contributed by atoms with E-state index in [-0.39, 0.29) is 17.6 Å². The summed E-state index contributed by atoms with van der Waals surface area (Å²) in [7, 11) is 0. The molecule has 194 valence electrons. The van der Waals surface area contributed by atoms with E-state index in [2.05, 4.69) is 57.1 Å². The molecule has 0 spiro atoms. The van der Waals surface area contributed by atoms with Crippen molar-refractivity contribution in [1.29, 1.82) is 0 Å². The van der Waals surface area contributed by atoms with Crippen molar-refractivity contribution in [2.45, 2.75) is 32.4 Å². The Morgan fingerprint density at radius 1 is 1.05 bits per heavy atom. The molecule has 2 unspecified atom stereocenters. The second-order valence-electron chi connectivity index (χ2n) is 9.48. The van der Waals surface area contributed by atoms with Crippen LogP contribution in [0, 0.1) is 13.8 Å². The van der Waals surface area contributed by atoms with Crippen LogP contribution < -0.4 is 10.6 Å². The minimum atomic E-state index is -0.939. The number of aromatic nitrogens is 2. The second kappa shape index (κ2) is 11.1. The predicted octanol–water partition coefficient (Wildman–Crippen LogP) is 5.66. The Balaban J connectivity index is 1.47. The molecule has 2 aromatic heterocycles. The van der Waals surface area contributed by atoms with Gasteiger partial charge in [0.2, 0.25) is 0 Å². The first kappa shape index (κ1) is 25.5. The van der Waals surface area contributed by atoms with Crippen molar-refractivity contribution >= 4 is 29.0 Å². The summed E-state index contributed by atoms with van der Waals surface area (Å²) in [5.41, 5.74) is 6.35. The molecule has 0 saturated carbocycles. The van der Waals surface area contributed by atoms with E-state index >= 15 is 0 Å². The summed E-state index contributed by atoms with van der Waals surface area (Å²) in [5, 5.41) is 17.3. The first-order valence-electron chi connectivity index (χ1n) is 12.7. The molecular formula is C30H31N5O2S. The van der Waals surface area contributed by atoms with Gasteiger partial charge < -0.3 is 25.2 Å². The van der Waals surface area contributed by atoms with Gasteiger partial charge in [0.15, 0.2) is 5.11 Å². The molecule has 0 radical (unpaired) electrons. The zero-order valence-electron chi connectivity index (χ0n) is 21.5. The Kier molecular flexibility index (Phi) is 7.42. The molecule has 1 aliphatic rings. The Morgan fingerprint density at radius 2 is 1.84 bits per heavy atom. The van der Waals surface area contributed by atoms with Gasteiger partial charge in [-0.25, -0.2) is 4.79 Å². The third-order valence-electron chi connectivity index (χ3n) is 7.02. The smallest absolute Gasteiger partial charge is 0.335 e. The fourth-order valence-electron chi connectivity index (χ4n) is 5.29. The van der Waals surface area contributed by atoms with Crippen molar-refractivity contribution in [3.05, 3.63) is 113 Å². The second-order valence-corrected chi connectivity index (χ2v) is 9.87. The van der Waals surface area contributed by atoms with E-state index < -0.39 is 5.97 Å².